The fourth-order valence-corrected chi connectivity index (χ4v) is 3.14. The Hall–Kier alpha value is -3.53. The third-order valence-electron chi connectivity index (χ3n) is 4.71. The first-order valence-corrected chi connectivity index (χ1v) is 9.41. The molecule has 3 aromatic rings. The van der Waals surface area contributed by atoms with E-state index in [4.69, 9.17) is 9.47 Å². The van der Waals surface area contributed by atoms with Crippen molar-refractivity contribution in [2.45, 2.75) is 6.54 Å². The average molecular weight is 387 g/mol. The van der Waals surface area contributed by atoms with E-state index in [-0.39, 0.29) is 5.91 Å². The van der Waals surface area contributed by atoms with E-state index >= 15 is 0 Å². The molecule has 0 aliphatic heterocycles. The zero-order valence-corrected chi connectivity index (χ0v) is 17.0. The number of methoxy groups -OCH3 is 2. The lowest BCUT2D eigenvalue weighted by Crippen LogP contribution is -2.24. The summed E-state index contributed by atoms with van der Waals surface area (Å²) in [6, 6.07) is 23.9. The van der Waals surface area contributed by atoms with Crippen molar-refractivity contribution < 1.29 is 14.3 Å². The molecule has 29 heavy (non-hydrogen) atoms. The molecular formula is C25H25NO3. The van der Waals surface area contributed by atoms with Crippen molar-refractivity contribution in [3.8, 4) is 22.6 Å². The largest absolute Gasteiger partial charge is 0.493 e. The molecule has 0 N–H and O–H groups in total. The van der Waals surface area contributed by atoms with Crippen molar-refractivity contribution in [3.05, 3.63) is 90.0 Å². The fraction of sp³-hybridized carbons (Fsp3) is 0.160. The van der Waals surface area contributed by atoms with Crippen LogP contribution in [0.4, 0.5) is 0 Å². The van der Waals surface area contributed by atoms with Crippen molar-refractivity contribution in [1.29, 1.82) is 0 Å². The summed E-state index contributed by atoms with van der Waals surface area (Å²) in [5, 5.41) is 0. The van der Waals surface area contributed by atoms with Gasteiger partial charge in [0, 0.05) is 19.7 Å². The minimum Gasteiger partial charge on any atom is -0.493 e. The Bertz CT molecular complexity index is 996. The van der Waals surface area contributed by atoms with Crippen LogP contribution in [-0.2, 0) is 11.3 Å². The molecule has 0 aromatic heterocycles. The summed E-state index contributed by atoms with van der Waals surface area (Å²) < 4.78 is 10.6. The summed E-state index contributed by atoms with van der Waals surface area (Å²) in [6.07, 6.45) is 3.36. The third kappa shape index (κ3) is 5.05. The second-order valence-electron chi connectivity index (χ2n) is 6.67. The number of nitrogens with zero attached hydrogens (tertiary/aromatic N) is 1. The zero-order valence-electron chi connectivity index (χ0n) is 17.0. The van der Waals surface area contributed by atoms with E-state index in [1.807, 2.05) is 55.6 Å². The van der Waals surface area contributed by atoms with Crippen LogP contribution in [0.2, 0.25) is 0 Å². The average Bonchev–Trinajstić information content (AvgIpc) is 2.78. The van der Waals surface area contributed by atoms with Crippen LogP contribution in [0, 0.1) is 0 Å². The quantitative estimate of drug-likeness (QED) is 0.533. The van der Waals surface area contributed by atoms with Crippen molar-refractivity contribution in [1.82, 2.24) is 4.90 Å². The topological polar surface area (TPSA) is 38.8 Å². The van der Waals surface area contributed by atoms with Gasteiger partial charge in [0.2, 0.25) is 5.91 Å². The molecule has 0 aliphatic rings. The highest BCUT2D eigenvalue weighted by molar-refractivity contribution is 5.91. The monoisotopic (exact) mass is 387 g/mol. The molecule has 0 heterocycles. The highest BCUT2D eigenvalue weighted by Gasteiger charge is 2.10. The number of rotatable bonds is 7. The summed E-state index contributed by atoms with van der Waals surface area (Å²) in [7, 11) is 5.00. The molecule has 0 radical (unpaired) electrons. The Kier molecular flexibility index (Phi) is 6.69. The van der Waals surface area contributed by atoms with Crippen molar-refractivity contribution in [2.75, 3.05) is 21.3 Å². The first-order chi connectivity index (χ1) is 14.1. The second kappa shape index (κ2) is 9.60. The third-order valence-corrected chi connectivity index (χ3v) is 4.71. The van der Waals surface area contributed by atoms with Crippen LogP contribution in [0.25, 0.3) is 17.2 Å². The summed E-state index contributed by atoms with van der Waals surface area (Å²) in [5.41, 5.74) is 4.25. The fourth-order valence-electron chi connectivity index (χ4n) is 3.14. The predicted molar refractivity (Wildman–Crippen MR) is 117 cm³/mol. The van der Waals surface area contributed by atoms with Crippen LogP contribution in [0.15, 0.2) is 78.9 Å². The number of hydrogen-bond acceptors (Lipinski definition) is 3. The normalized spacial score (nSPS) is 10.7. The molecule has 0 spiro atoms. The van der Waals surface area contributed by atoms with Crippen LogP contribution in [0.5, 0.6) is 11.5 Å². The molecule has 148 valence electrons. The lowest BCUT2D eigenvalue weighted by Gasteiger charge is -2.18. The molecule has 3 rings (SSSR count). The van der Waals surface area contributed by atoms with Gasteiger partial charge >= 0.3 is 0 Å². The van der Waals surface area contributed by atoms with Crippen LogP contribution in [0.3, 0.4) is 0 Å². The number of ether oxygens (including phenoxy) is 2. The number of amides is 1. The first kappa shape index (κ1) is 20.2. The van der Waals surface area contributed by atoms with E-state index in [1.165, 1.54) is 0 Å². The van der Waals surface area contributed by atoms with Gasteiger partial charge in [-0.2, -0.15) is 0 Å². The van der Waals surface area contributed by atoms with E-state index < -0.39 is 0 Å². The van der Waals surface area contributed by atoms with Crippen molar-refractivity contribution >= 4 is 12.0 Å². The molecule has 0 atom stereocenters. The van der Waals surface area contributed by atoms with Gasteiger partial charge in [-0.3, -0.25) is 4.79 Å². The first-order valence-electron chi connectivity index (χ1n) is 9.41. The zero-order chi connectivity index (χ0) is 20.6. The summed E-state index contributed by atoms with van der Waals surface area (Å²) >= 11 is 0. The van der Waals surface area contributed by atoms with Gasteiger partial charge in [0.05, 0.1) is 14.2 Å². The van der Waals surface area contributed by atoms with Crippen LogP contribution >= 0.6 is 0 Å². The van der Waals surface area contributed by atoms with E-state index in [2.05, 4.69) is 24.3 Å². The number of carbonyl (C=O) groups excluding carboxylic acids is 1. The number of carbonyl (C=O) groups is 1. The minimum atomic E-state index is -0.0670. The lowest BCUT2D eigenvalue weighted by atomic mass is 9.99. The van der Waals surface area contributed by atoms with E-state index in [1.54, 1.807) is 31.3 Å². The number of hydrogen-bond donors (Lipinski definition) is 0. The number of likely N-dealkylation sites (N-methyl/N-ethyl adjacent to an activating group) is 1. The molecule has 0 fully saturated rings. The maximum Gasteiger partial charge on any atom is 0.246 e. The van der Waals surface area contributed by atoms with Gasteiger partial charge in [-0.25, -0.2) is 0 Å². The van der Waals surface area contributed by atoms with Crippen molar-refractivity contribution in [3.63, 3.8) is 0 Å². The molecule has 0 bridgehead atoms. The Balaban J connectivity index is 1.73. The molecule has 0 saturated heterocycles. The molecule has 3 aromatic carbocycles. The van der Waals surface area contributed by atoms with Crippen LogP contribution < -0.4 is 9.47 Å². The predicted octanol–water partition coefficient (Wildman–Crippen LogP) is 5.04. The summed E-state index contributed by atoms with van der Waals surface area (Å²) in [6.45, 7) is 0.528. The molecule has 4 heteroatoms. The SMILES string of the molecule is COc1ccc(/C=C/C(=O)N(C)Cc2ccccc2-c2ccccc2)cc1OC. The standard InChI is InChI=1S/C25H25NO3/c1-26(18-21-11-7-8-12-22(21)20-9-5-4-6-10-20)25(27)16-14-19-13-15-23(28-2)24(17-19)29-3/h4-17H,18H2,1-3H3/b16-14+. The van der Waals surface area contributed by atoms with Crippen molar-refractivity contribution in [2.24, 2.45) is 0 Å². The Morgan fingerprint density at radius 3 is 2.31 bits per heavy atom. The van der Waals surface area contributed by atoms with E-state index in [9.17, 15) is 4.79 Å². The molecule has 0 aliphatic carbocycles. The lowest BCUT2D eigenvalue weighted by molar-refractivity contribution is -0.125. The second-order valence-corrected chi connectivity index (χ2v) is 6.67. The molecule has 0 unspecified atom stereocenters. The van der Waals surface area contributed by atoms with Gasteiger partial charge < -0.3 is 14.4 Å². The van der Waals surface area contributed by atoms with Gasteiger partial charge in [0.1, 0.15) is 0 Å². The Labute approximate surface area is 172 Å². The maximum atomic E-state index is 12.6. The highest BCUT2D eigenvalue weighted by Crippen LogP contribution is 2.28. The van der Waals surface area contributed by atoms with Gasteiger partial charge in [-0.1, -0.05) is 60.7 Å². The van der Waals surface area contributed by atoms with Gasteiger partial charge in [0.25, 0.3) is 0 Å². The molecule has 1 amide bonds. The Morgan fingerprint density at radius 1 is 0.897 bits per heavy atom. The van der Waals surface area contributed by atoms with E-state index in [0.717, 1.165) is 22.3 Å². The van der Waals surface area contributed by atoms with Gasteiger partial charge in [0.15, 0.2) is 11.5 Å². The summed E-state index contributed by atoms with van der Waals surface area (Å²) in [5.74, 6) is 1.22. The molecule has 4 nitrogen and oxygen atoms in total. The van der Waals surface area contributed by atoms with E-state index in [0.29, 0.717) is 18.0 Å². The van der Waals surface area contributed by atoms with Crippen LogP contribution in [0.1, 0.15) is 11.1 Å². The summed E-state index contributed by atoms with van der Waals surface area (Å²) in [4.78, 5) is 14.3. The Morgan fingerprint density at radius 2 is 1.59 bits per heavy atom. The smallest absolute Gasteiger partial charge is 0.246 e. The van der Waals surface area contributed by atoms with Crippen LogP contribution in [-0.4, -0.2) is 32.1 Å². The van der Waals surface area contributed by atoms with Gasteiger partial charge in [-0.15, -0.1) is 0 Å². The molecular weight excluding hydrogens is 362 g/mol. The number of benzene rings is 3. The highest BCUT2D eigenvalue weighted by atomic mass is 16.5. The minimum absolute atomic E-state index is 0.0670. The molecule has 0 saturated carbocycles. The maximum absolute atomic E-state index is 12.6. The van der Waals surface area contributed by atoms with Gasteiger partial charge in [-0.05, 0) is 40.5 Å².